The Kier molecular flexibility index (Phi) is 3.95. The molecule has 4 atom stereocenters. The molecule has 4 bridgehead atoms. The smallest absolute Gasteiger partial charge is 0.226 e. The van der Waals surface area contributed by atoms with Gasteiger partial charge in [0.05, 0.1) is 5.41 Å². The van der Waals surface area contributed by atoms with Crippen LogP contribution in [0, 0.1) is 17.3 Å². The quantitative estimate of drug-likeness (QED) is 0.727. The van der Waals surface area contributed by atoms with Gasteiger partial charge >= 0.3 is 0 Å². The zero-order valence-electron chi connectivity index (χ0n) is 13.7. The molecule has 5 fully saturated rings. The molecule has 0 aliphatic heterocycles. The molecular formula is C19H30ClNO. The molecule has 2 unspecified atom stereocenters. The monoisotopic (exact) mass is 323 g/mol. The molecule has 1 N–H and O–H groups in total. The van der Waals surface area contributed by atoms with E-state index >= 15 is 0 Å². The highest BCUT2D eigenvalue weighted by Gasteiger charge is 2.60. The molecule has 0 radical (unpaired) electrons. The second kappa shape index (κ2) is 5.69. The molecule has 0 heterocycles. The highest BCUT2D eigenvalue weighted by Crippen LogP contribution is 2.63. The van der Waals surface area contributed by atoms with Crippen molar-refractivity contribution in [3.05, 3.63) is 0 Å². The Labute approximate surface area is 139 Å². The summed E-state index contributed by atoms with van der Waals surface area (Å²) in [7, 11) is 0. The van der Waals surface area contributed by atoms with Gasteiger partial charge in [0, 0.05) is 10.9 Å². The van der Waals surface area contributed by atoms with Crippen LogP contribution in [-0.2, 0) is 4.79 Å². The average molecular weight is 324 g/mol. The summed E-state index contributed by atoms with van der Waals surface area (Å²) in [5.74, 6) is 1.78. The fourth-order valence-electron chi connectivity index (χ4n) is 6.36. The van der Waals surface area contributed by atoms with Gasteiger partial charge < -0.3 is 5.32 Å². The molecule has 22 heavy (non-hydrogen) atoms. The van der Waals surface area contributed by atoms with Crippen LogP contribution in [0.1, 0.15) is 83.5 Å². The molecule has 5 aliphatic carbocycles. The molecule has 1 amide bonds. The summed E-state index contributed by atoms with van der Waals surface area (Å²) in [4.78, 5) is 13.1. The normalized spacial score (nSPS) is 45.3. The molecule has 5 rings (SSSR count). The van der Waals surface area contributed by atoms with E-state index in [0.29, 0.717) is 23.8 Å². The third kappa shape index (κ3) is 2.81. The van der Waals surface area contributed by atoms with E-state index in [0.717, 1.165) is 32.1 Å². The first-order chi connectivity index (χ1) is 10.6. The molecule has 0 saturated heterocycles. The molecule has 0 spiro atoms. The van der Waals surface area contributed by atoms with Gasteiger partial charge in [0.2, 0.25) is 5.91 Å². The number of carbonyl (C=O) groups is 1. The van der Waals surface area contributed by atoms with Crippen molar-refractivity contribution in [3.8, 4) is 0 Å². The van der Waals surface area contributed by atoms with Gasteiger partial charge in [0.25, 0.3) is 0 Å². The van der Waals surface area contributed by atoms with Gasteiger partial charge in [-0.05, 0) is 63.2 Å². The SMILES string of the molecule is O=C(NC1CCCCCCC1)C12C[C@@H]3C[C@@H](CC(Cl)(C3)C1)C2. The highest BCUT2D eigenvalue weighted by molar-refractivity contribution is 6.24. The predicted molar refractivity (Wildman–Crippen MR) is 89.9 cm³/mol. The van der Waals surface area contributed by atoms with E-state index in [9.17, 15) is 4.79 Å². The summed E-state index contributed by atoms with van der Waals surface area (Å²) in [5, 5.41) is 3.46. The number of hydrogen-bond acceptors (Lipinski definition) is 1. The van der Waals surface area contributed by atoms with E-state index in [4.69, 9.17) is 11.6 Å². The Morgan fingerprint density at radius 2 is 1.50 bits per heavy atom. The van der Waals surface area contributed by atoms with Crippen molar-refractivity contribution in [1.82, 2.24) is 5.32 Å². The second-order valence-corrected chi connectivity index (χ2v) is 9.71. The first kappa shape index (κ1) is 15.3. The number of halogens is 1. The Bertz CT molecular complexity index is 427. The number of rotatable bonds is 2. The number of carbonyl (C=O) groups excluding carboxylic acids is 1. The van der Waals surface area contributed by atoms with Gasteiger partial charge in [0.15, 0.2) is 0 Å². The van der Waals surface area contributed by atoms with Crippen molar-refractivity contribution in [3.63, 3.8) is 0 Å². The standard InChI is InChI=1S/C19H30ClNO/c20-19-11-14-8-15(12-19)10-18(9-14,13-19)17(22)21-16-6-4-2-1-3-5-7-16/h14-16H,1-13H2,(H,21,22)/t14-,15+,18?,19?. The van der Waals surface area contributed by atoms with E-state index in [2.05, 4.69) is 5.32 Å². The van der Waals surface area contributed by atoms with Crippen molar-refractivity contribution in [2.75, 3.05) is 0 Å². The minimum absolute atomic E-state index is 0.0532. The third-order valence-corrected chi connectivity index (χ3v) is 7.35. The average Bonchev–Trinajstić information content (AvgIpc) is 2.38. The maximum absolute atomic E-state index is 13.1. The molecule has 0 aromatic heterocycles. The van der Waals surface area contributed by atoms with Crippen molar-refractivity contribution in [1.29, 1.82) is 0 Å². The van der Waals surface area contributed by atoms with Crippen molar-refractivity contribution in [2.24, 2.45) is 17.3 Å². The summed E-state index contributed by atoms with van der Waals surface area (Å²) in [6.45, 7) is 0. The Balaban J connectivity index is 1.45. The van der Waals surface area contributed by atoms with Crippen LogP contribution in [0.3, 0.4) is 0 Å². The van der Waals surface area contributed by atoms with Crippen molar-refractivity contribution >= 4 is 17.5 Å². The first-order valence-electron chi connectivity index (χ1n) is 9.57. The Morgan fingerprint density at radius 3 is 2.09 bits per heavy atom. The molecule has 5 saturated carbocycles. The molecule has 124 valence electrons. The van der Waals surface area contributed by atoms with E-state index < -0.39 is 0 Å². The van der Waals surface area contributed by atoms with Gasteiger partial charge in [-0.3, -0.25) is 4.79 Å². The van der Waals surface area contributed by atoms with Gasteiger partial charge in [0.1, 0.15) is 0 Å². The highest BCUT2D eigenvalue weighted by atomic mass is 35.5. The van der Waals surface area contributed by atoms with E-state index in [1.165, 1.54) is 51.4 Å². The van der Waals surface area contributed by atoms with Crippen LogP contribution in [0.25, 0.3) is 0 Å². The second-order valence-electron chi connectivity index (χ2n) is 8.91. The van der Waals surface area contributed by atoms with Crippen LogP contribution >= 0.6 is 11.6 Å². The maximum Gasteiger partial charge on any atom is 0.226 e. The largest absolute Gasteiger partial charge is 0.353 e. The van der Waals surface area contributed by atoms with Gasteiger partial charge in [-0.2, -0.15) is 0 Å². The number of alkyl halides is 1. The van der Waals surface area contributed by atoms with Crippen LogP contribution < -0.4 is 5.32 Å². The Morgan fingerprint density at radius 1 is 0.909 bits per heavy atom. The van der Waals surface area contributed by atoms with Gasteiger partial charge in [-0.25, -0.2) is 0 Å². The maximum atomic E-state index is 13.1. The minimum Gasteiger partial charge on any atom is -0.353 e. The van der Waals surface area contributed by atoms with Gasteiger partial charge in [-0.1, -0.05) is 32.1 Å². The summed E-state index contributed by atoms with van der Waals surface area (Å²) in [6.07, 6.45) is 15.8. The fourth-order valence-corrected chi connectivity index (χ4v) is 7.05. The van der Waals surface area contributed by atoms with Crippen LogP contribution in [0.15, 0.2) is 0 Å². The topological polar surface area (TPSA) is 29.1 Å². The minimum atomic E-state index is -0.117. The van der Waals surface area contributed by atoms with E-state index in [1.807, 2.05) is 0 Å². The number of amides is 1. The number of hydrogen-bond donors (Lipinski definition) is 1. The van der Waals surface area contributed by atoms with E-state index in [-0.39, 0.29) is 10.3 Å². The fraction of sp³-hybridized carbons (Fsp3) is 0.947. The van der Waals surface area contributed by atoms with Crippen LogP contribution in [0.2, 0.25) is 0 Å². The summed E-state index contributed by atoms with van der Waals surface area (Å²) >= 11 is 6.87. The molecule has 0 aromatic rings. The molecule has 2 nitrogen and oxygen atoms in total. The van der Waals surface area contributed by atoms with Crippen LogP contribution in [0.5, 0.6) is 0 Å². The van der Waals surface area contributed by atoms with Crippen LogP contribution in [-0.4, -0.2) is 16.8 Å². The van der Waals surface area contributed by atoms with E-state index in [1.54, 1.807) is 0 Å². The first-order valence-corrected chi connectivity index (χ1v) is 9.95. The van der Waals surface area contributed by atoms with Crippen molar-refractivity contribution in [2.45, 2.75) is 94.4 Å². The van der Waals surface area contributed by atoms with Crippen molar-refractivity contribution < 1.29 is 4.79 Å². The molecular weight excluding hydrogens is 294 g/mol. The third-order valence-electron chi connectivity index (χ3n) is 6.91. The Hall–Kier alpha value is -0.240. The number of nitrogens with one attached hydrogen (secondary N) is 1. The lowest BCUT2D eigenvalue weighted by molar-refractivity contribution is -0.145. The molecule has 3 heteroatoms. The lowest BCUT2D eigenvalue weighted by Crippen LogP contribution is -2.59. The predicted octanol–water partition coefficient (Wildman–Crippen LogP) is 4.79. The zero-order chi connectivity index (χ0) is 15.2. The molecule has 0 aromatic carbocycles. The lowest BCUT2D eigenvalue weighted by Gasteiger charge is -2.59. The summed E-state index contributed by atoms with van der Waals surface area (Å²) in [6, 6.07) is 0.423. The molecule has 5 aliphatic rings. The van der Waals surface area contributed by atoms with Gasteiger partial charge in [-0.15, -0.1) is 11.6 Å². The summed E-state index contributed by atoms with van der Waals surface area (Å²) < 4.78 is 0. The zero-order valence-corrected chi connectivity index (χ0v) is 14.5. The summed E-state index contributed by atoms with van der Waals surface area (Å²) in [5.41, 5.74) is -0.117. The van der Waals surface area contributed by atoms with Crippen LogP contribution in [0.4, 0.5) is 0 Å². The lowest BCUT2D eigenvalue weighted by atomic mass is 9.49.